The standard InChI is InChI=1S/C18H20ClN3O3/c1-12(13-7-3-2-4-8-13)22-16(17(19)20-21-22)18(24)25-11-14-9-5-6-10-15(14)23/h2-4,7-8,12,14H,5-6,9-11H2,1H3/t12-,14?/m1/s1. The van der Waals surface area contributed by atoms with Crippen LogP contribution in [0.4, 0.5) is 0 Å². The Balaban J connectivity index is 1.74. The number of ether oxygens (including phenoxy) is 1. The van der Waals surface area contributed by atoms with Crippen LogP contribution < -0.4 is 0 Å². The molecule has 1 fully saturated rings. The summed E-state index contributed by atoms with van der Waals surface area (Å²) in [5.74, 6) is -0.655. The highest BCUT2D eigenvalue weighted by Crippen LogP contribution is 2.24. The van der Waals surface area contributed by atoms with Crippen molar-refractivity contribution >= 4 is 23.4 Å². The second kappa shape index (κ2) is 7.78. The van der Waals surface area contributed by atoms with Crippen molar-refractivity contribution in [3.8, 4) is 0 Å². The van der Waals surface area contributed by atoms with Crippen LogP contribution in [0.1, 0.15) is 54.7 Å². The van der Waals surface area contributed by atoms with Crippen LogP contribution in [-0.2, 0) is 9.53 Å². The van der Waals surface area contributed by atoms with E-state index in [1.54, 1.807) is 0 Å². The van der Waals surface area contributed by atoms with Gasteiger partial charge < -0.3 is 4.74 Å². The Kier molecular flexibility index (Phi) is 5.48. The molecule has 0 saturated heterocycles. The molecule has 25 heavy (non-hydrogen) atoms. The van der Waals surface area contributed by atoms with Crippen molar-refractivity contribution in [2.45, 2.75) is 38.6 Å². The monoisotopic (exact) mass is 361 g/mol. The predicted octanol–water partition coefficient (Wildman–Crippen LogP) is 3.46. The quantitative estimate of drug-likeness (QED) is 0.762. The second-order valence-electron chi connectivity index (χ2n) is 6.27. The zero-order chi connectivity index (χ0) is 17.8. The van der Waals surface area contributed by atoms with Crippen LogP contribution in [-0.4, -0.2) is 33.4 Å². The van der Waals surface area contributed by atoms with Crippen molar-refractivity contribution < 1.29 is 14.3 Å². The van der Waals surface area contributed by atoms with Crippen molar-refractivity contribution in [2.75, 3.05) is 6.61 Å². The Labute approximate surface area is 151 Å². The number of halogens is 1. The van der Waals surface area contributed by atoms with Crippen LogP contribution in [0.15, 0.2) is 30.3 Å². The molecule has 6 nitrogen and oxygen atoms in total. The fourth-order valence-electron chi connectivity index (χ4n) is 3.07. The highest BCUT2D eigenvalue weighted by Gasteiger charge is 2.28. The molecular weight excluding hydrogens is 342 g/mol. The van der Waals surface area contributed by atoms with E-state index in [1.165, 1.54) is 4.68 Å². The number of esters is 1. The van der Waals surface area contributed by atoms with Gasteiger partial charge in [-0.25, -0.2) is 9.48 Å². The van der Waals surface area contributed by atoms with E-state index in [0.29, 0.717) is 6.42 Å². The number of Topliss-reactive ketones (excluding diaryl/α,β-unsaturated/α-hetero) is 1. The molecule has 0 aliphatic heterocycles. The molecule has 1 aromatic carbocycles. The molecule has 0 bridgehead atoms. The van der Waals surface area contributed by atoms with Crippen LogP contribution in [0.3, 0.4) is 0 Å². The summed E-state index contributed by atoms with van der Waals surface area (Å²) in [6, 6.07) is 9.40. The van der Waals surface area contributed by atoms with Crippen molar-refractivity contribution in [3.05, 3.63) is 46.7 Å². The van der Waals surface area contributed by atoms with Crippen molar-refractivity contribution in [2.24, 2.45) is 5.92 Å². The summed E-state index contributed by atoms with van der Waals surface area (Å²) in [5.41, 5.74) is 1.09. The summed E-state index contributed by atoms with van der Waals surface area (Å²) in [6.07, 6.45) is 3.23. The predicted molar refractivity (Wildman–Crippen MR) is 92.5 cm³/mol. The number of ketones is 1. The van der Waals surface area contributed by atoms with Gasteiger partial charge in [-0.1, -0.05) is 53.6 Å². The van der Waals surface area contributed by atoms with E-state index in [1.807, 2.05) is 37.3 Å². The van der Waals surface area contributed by atoms with E-state index < -0.39 is 5.97 Å². The molecule has 1 unspecified atom stereocenters. The van der Waals surface area contributed by atoms with Crippen molar-refractivity contribution in [3.63, 3.8) is 0 Å². The first-order chi connectivity index (χ1) is 12.1. The Bertz CT molecular complexity index is 760. The van der Waals surface area contributed by atoms with Crippen LogP contribution in [0.5, 0.6) is 0 Å². The number of carbonyl (C=O) groups is 2. The van der Waals surface area contributed by atoms with Gasteiger partial charge in [-0.2, -0.15) is 0 Å². The third-order valence-electron chi connectivity index (χ3n) is 4.59. The molecule has 1 aliphatic rings. The molecule has 2 aromatic rings. The fourth-order valence-corrected chi connectivity index (χ4v) is 3.27. The van der Waals surface area contributed by atoms with Gasteiger partial charge in [0.05, 0.1) is 12.0 Å². The molecule has 1 heterocycles. The summed E-state index contributed by atoms with van der Waals surface area (Å²) in [5, 5.41) is 7.80. The van der Waals surface area contributed by atoms with E-state index in [-0.39, 0.29) is 35.2 Å². The highest BCUT2D eigenvalue weighted by atomic mass is 35.5. The molecule has 1 aromatic heterocycles. The number of benzene rings is 1. The summed E-state index contributed by atoms with van der Waals surface area (Å²) in [4.78, 5) is 24.4. The maximum absolute atomic E-state index is 12.5. The third kappa shape index (κ3) is 3.90. The molecule has 0 spiro atoms. The lowest BCUT2D eigenvalue weighted by molar-refractivity contribution is -0.125. The molecule has 3 rings (SSSR count). The van der Waals surface area contributed by atoms with E-state index in [9.17, 15) is 9.59 Å². The Morgan fingerprint density at radius 2 is 2.12 bits per heavy atom. The molecule has 0 N–H and O–H groups in total. The summed E-state index contributed by atoms with van der Waals surface area (Å²) in [6.45, 7) is 1.99. The number of hydrogen-bond donors (Lipinski definition) is 0. The van der Waals surface area contributed by atoms with Crippen molar-refractivity contribution in [1.29, 1.82) is 0 Å². The van der Waals surface area contributed by atoms with E-state index in [2.05, 4.69) is 10.3 Å². The highest BCUT2D eigenvalue weighted by molar-refractivity contribution is 6.32. The van der Waals surface area contributed by atoms with E-state index in [0.717, 1.165) is 24.8 Å². The largest absolute Gasteiger partial charge is 0.460 e. The SMILES string of the molecule is C[C@H](c1ccccc1)n1nnc(Cl)c1C(=O)OCC1CCCCC1=O. The lowest BCUT2D eigenvalue weighted by atomic mass is 9.89. The minimum atomic E-state index is -0.601. The first kappa shape index (κ1) is 17.6. The van der Waals surface area contributed by atoms with Crippen LogP contribution in [0, 0.1) is 5.92 Å². The maximum atomic E-state index is 12.5. The Hall–Kier alpha value is -2.21. The second-order valence-corrected chi connectivity index (χ2v) is 6.63. The summed E-state index contributed by atoms with van der Waals surface area (Å²) < 4.78 is 6.82. The number of rotatable bonds is 5. The van der Waals surface area contributed by atoms with Gasteiger partial charge in [-0.15, -0.1) is 5.10 Å². The molecule has 7 heteroatoms. The first-order valence-electron chi connectivity index (χ1n) is 8.43. The summed E-state index contributed by atoms with van der Waals surface area (Å²) in [7, 11) is 0. The first-order valence-corrected chi connectivity index (χ1v) is 8.81. The topological polar surface area (TPSA) is 74.1 Å². The molecule has 1 aliphatic carbocycles. The van der Waals surface area contributed by atoms with Gasteiger partial charge >= 0.3 is 5.97 Å². The smallest absolute Gasteiger partial charge is 0.359 e. The Morgan fingerprint density at radius 3 is 2.84 bits per heavy atom. The lowest BCUT2D eigenvalue weighted by Crippen LogP contribution is -2.26. The molecular formula is C18H20ClN3O3. The van der Waals surface area contributed by atoms with Crippen LogP contribution >= 0.6 is 11.6 Å². The number of hydrogen-bond acceptors (Lipinski definition) is 5. The minimum absolute atomic E-state index is 0.00255. The van der Waals surface area contributed by atoms with Gasteiger partial charge in [0.1, 0.15) is 12.4 Å². The maximum Gasteiger partial charge on any atom is 0.359 e. The van der Waals surface area contributed by atoms with Crippen LogP contribution in [0.2, 0.25) is 5.15 Å². The number of carbonyl (C=O) groups excluding carboxylic acids is 2. The van der Waals surface area contributed by atoms with Gasteiger partial charge in [0.15, 0.2) is 10.8 Å². The van der Waals surface area contributed by atoms with Gasteiger partial charge in [-0.05, 0) is 25.3 Å². The van der Waals surface area contributed by atoms with Gasteiger partial charge in [0, 0.05) is 6.42 Å². The minimum Gasteiger partial charge on any atom is -0.460 e. The number of nitrogens with zero attached hydrogens (tertiary/aromatic N) is 3. The zero-order valence-corrected chi connectivity index (χ0v) is 14.8. The van der Waals surface area contributed by atoms with Gasteiger partial charge in [-0.3, -0.25) is 4.79 Å². The molecule has 0 amide bonds. The van der Waals surface area contributed by atoms with Gasteiger partial charge in [0.2, 0.25) is 0 Å². The van der Waals surface area contributed by atoms with Crippen LogP contribution in [0.25, 0.3) is 0 Å². The van der Waals surface area contributed by atoms with Gasteiger partial charge in [0.25, 0.3) is 0 Å². The Morgan fingerprint density at radius 1 is 1.36 bits per heavy atom. The lowest BCUT2D eigenvalue weighted by Gasteiger charge is -2.20. The average Bonchev–Trinajstić information content (AvgIpc) is 3.02. The molecule has 132 valence electrons. The zero-order valence-electron chi connectivity index (χ0n) is 14.0. The summed E-state index contributed by atoms with van der Waals surface area (Å²) >= 11 is 6.06. The normalized spacial score (nSPS) is 18.8. The molecule has 1 saturated carbocycles. The molecule has 2 atom stereocenters. The van der Waals surface area contributed by atoms with E-state index in [4.69, 9.17) is 16.3 Å². The number of aromatic nitrogens is 3. The third-order valence-corrected chi connectivity index (χ3v) is 4.85. The fraction of sp³-hybridized carbons (Fsp3) is 0.444. The molecule has 0 radical (unpaired) electrons. The van der Waals surface area contributed by atoms with E-state index >= 15 is 0 Å². The average molecular weight is 362 g/mol. The van der Waals surface area contributed by atoms with Crippen molar-refractivity contribution in [1.82, 2.24) is 15.0 Å².